The van der Waals surface area contributed by atoms with E-state index in [1.165, 1.54) is 0 Å². The number of carbonyl (C=O) groups excluding carboxylic acids is 2. The minimum Gasteiger partial charge on any atom is -0.409 e. The van der Waals surface area contributed by atoms with Crippen molar-refractivity contribution in [3.63, 3.8) is 0 Å². The SMILES string of the molecule is Cc1cc2nc3ccccc3c(C(=O)S)c2c2c1C(=N)CCC(=N)OC2=O. The van der Waals surface area contributed by atoms with Crippen LogP contribution in [0.15, 0.2) is 30.3 Å². The molecular formula is C20H15N3O3S. The van der Waals surface area contributed by atoms with E-state index >= 15 is 0 Å². The molecule has 4 rings (SSSR count). The molecule has 0 saturated heterocycles. The predicted octanol–water partition coefficient (Wildman–Crippen LogP) is 4.06. The Kier molecular flexibility index (Phi) is 4.04. The highest BCUT2D eigenvalue weighted by molar-refractivity contribution is 7.97. The van der Waals surface area contributed by atoms with Gasteiger partial charge < -0.3 is 10.1 Å². The third-order valence-electron chi connectivity index (χ3n) is 4.71. The van der Waals surface area contributed by atoms with E-state index < -0.39 is 11.1 Å². The molecular weight excluding hydrogens is 362 g/mol. The average Bonchev–Trinajstić information content (AvgIpc) is 2.61. The smallest absolute Gasteiger partial charge is 0.346 e. The molecule has 3 aromatic rings. The van der Waals surface area contributed by atoms with Crippen LogP contribution < -0.4 is 0 Å². The van der Waals surface area contributed by atoms with Crippen LogP contribution in [-0.4, -0.2) is 27.7 Å². The molecule has 27 heavy (non-hydrogen) atoms. The van der Waals surface area contributed by atoms with Crippen LogP contribution in [0.2, 0.25) is 0 Å². The van der Waals surface area contributed by atoms with Crippen LogP contribution in [0.5, 0.6) is 0 Å². The predicted molar refractivity (Wildman–Crippen MR) is 107 cm³/mol. The fraction of sp³-hybridized carbons (Fsp3) is 0.150. The molecule has 0 radical (unpaired) electrons. The summed E-state index contributed by atoms with van der Waals surface area (Å²) >= 11 is 4.04. The number of rotatable bonds is 1. The number of hydrogen-bond donors (Lipinski definition) is 3. The van der Waals surface area contributed by atoms with Crippen LogP contribution in [-0.2, 0) is 4.74 Å². The average molecular weight is 377 g/mol. The summed E-state index contributed by atoms with van der Waals surface area (Å²) in [5.41, 5.74) is 2.81. The van der Waals surface area contributed by atoms with Crippen LogP contribution in [0.4, 0.5) is 0 Å². The number of aromatic nitrogens is 1. The summed E-state index contributed by atoms with van der Waals surface area (Å²) in [7, 11) is 0. The molecule has 2 heterocycles. The lowest BCUT2D eigenvalue weighted by Crippen LogP contribution is -2.22. The number of thiol groups is 1. The lowest BCUT2D eigenvalue weighted by atomic mass is 9.88. The molecule has 0 fully saturated rings. The number of nitrogens with one attached hydrogen (secondary N) is 2. The fourth-order valence-electron chi connectivity index (χ4n) is 3.58. The van der Waals surface area contributed by atoms with Gasteiger partial charge in [0, 0.05) is 34.0 Å². The highest BCUT2D eigenvalue weighted by Gasteiger charge is 2.29. The molecule has 0 aliphatic carbocycles. The summed E-state index contributed by atoms with van der Waals surface area (Å²) in [6.07, 6.45) is 0.451. The van der Waals surface area contributed by atoms with Crippen molar-refractivity contribution in [1.82, 2.24) is 4.98 Å². The molecule has 0 atom stereocenters. The number of carbonyl (C=O) groups is 2. The van der Waals surface area contributed by atoms with Gasteiger partial charge in [0.05, 0.1) is 16.6 Å². The van der Waals surface area contributed by atoms with Gasteiger partial charge in [0.1, 0.15) is 0 Å². The molecule has 134 valence electrons. The molecule has 1 aromatic heterocycles. The maximum Gasteiger partial charge on any atom is 0.346 e. The lowest BCUT2D eigenvalue weighted by Gasteiger charge is -2.20. The molecule has 0 bridgehead atoms. The first-order valence-corrected chi connectivity index (χ1v) is 8.80. The van der Waals surface area contributed by atoms with Gasteiger partial charge in [-0.1, -0.05) is 18.2 Å². The van der Waals surface area contributed by atoms with Crippen molar-refractivity contribution in [3.8, 4) is 0 Å². The molecule has 0 unspecified atom stereocenters. The van der Waals surface area contributed by atoms with Crippen molar-refractivity contribution in [2.45, 2.75) is 19.8 Å². The van der Waals surface area contributed by atoms with Crippen molar-refractivity contribution in [2.24, 2.45) is 0 Å². The molecule has 2 aromatic carbocycles. The Labute approximate surface area is 160 Å². The Balaban J connectivity index is 2.26. The largest absolute Gasteiger partial charge is 0.409 e. The summed E-state index contributed by atoms with van der Waals surface area (Å²) < 4.78 is 5.16. The summed E-state index contributed by atoms with van der Waals surface area (Å²) in [6, 6.07) is 8.91. The van der Waals surface area contributed by atoms with Crippen LogP contribution in [0, 0.1) is 17.7 Å². The Morgan fingerprint density at radius 1 is 1.15 bits per heavy atom. The summed E-state index contributed by atoms with van der Waals surface area (Å²) in [5, 5.41) is 16.6. The van der Waals surface area contributed by atoms with E-state index in [2.05, 4.69) is 17.6 Å². The molecule has 2 N–H and O–H groups in total. The van der Waals surface area contributed by atoms with Crippen LogP contribution >= 0.6 is 12.6 Å². The van der Waals surface area contributed by atoms with Crippen molar-refractivity contribution in [1.29, 1.82) is 10.8 Å². The van der Waals surface area contributed by atoms with Crippen molar-refractivity contribution < 1.29 is 14.3 Å². The van der Waals surface area contributed by atoms with E-state index in [4.69, 9.17) is 15.6 Å². The lowest BCUT2D eigenvalue weighted by molar-refractivity contribution is 0.0711. The monoisotopic (exact) mass is 377 g/mol. The van der Waals surface area contributed by atoms with Gasteiger partial charge in [-0.3, -0.25) is 10.2 Å². The topological polar surface area (TPSA) is 104 Å². The first-order valence-electron chi connectivity index (χ1n) is 8.35. The second-order valence-corrected chi connectivity index (χ2v) is 6.84. The van der Waals surface area contributed by atoms with Gasteiger partial charge in [-0.05, 0) is 31.0 Å². The van der Waals surface area contributed by atoms with E-state index in [0.717, 1.165) is 0 Å². The Morgan fingerprint density at radius 2 is 1.89 bits per heavy atom. The van der Waals surface area contributed by atoms with Crippen molar-refractivity contribution >= 4 is 57.1 Å². The van der Waals surface area contributed by atoms with Gasteiger partial charge in [0.2, 0.25) is 5.12 Å². The maximum absolute atomic E-state index is 12.9. The minimum atomic E-state index is -0.749. The van der Waals surface area contributed by atoms with Gasteiger partial charge in [0.25, 0.3) is 0 Å². The van der Waals surface area contributed by atoms with Crippen molar-refractivity contribution in [3.05, 3.63) is 52.6 Å². The Bertz CT molecular complexity index is 1200. The second kappa shape index (κ2) is 6.28. The van der Waals surface area contributed by atoms with Crippen molar-refractivity contribution in [2.75, 3.05) is 0 Å². The molecule has 1 aliphatic heterocycles. The number of esters is 1. The zero-order valence-corrected chi connectivity index (χ0v) is 15.3. The van der Waals surface area contributed by atoms with Gasteiger partial charge in [0.15, 0.2) is 5.90 Å². The van der Waals surface area contributed by atoms with Gasteiger partial charge in [-0.25, -0.2) is 9.78 Å². The number of nitrogens with zero attached hydrogens (tertiary/aromatic N) is 1. The molecule has 6 nitrogen and oxygen atoms in total. The van der Waals surface area contributed by atoms with Crippen LogP contribution in [0.25, 0.3) is 21.8 Å². The van der Waals surface area contributed by atoms with E-state index in [-0.39, 0.29) is 35.6 Å². The van der Waals surface area contributed by atoms with Gasteiger partial charge >= 0.3 is 5.97 Å². The molecule has 0 amide bonds. The number of para-hydroxylation sites is 1. The van der Waals surface area contributed by atoms with Gasteiger partial charge in [-0.2, -0.15) is 0 Å². The number of ether oxygens (including phenoxy) is 1. The molecule has 1 aliphatic rings. The third kappa shape index (κ3) is 2.71. The third-order valence-corrected chi connectivity index (χ3v) is 4.93. The fourth-order valence-corrected chi connectivity index (χ4v) is 3.81. The number of benzene rings is 2. The number of aryl methyl sites for hydroxylation is 1. The Morgan fingerprint density at radius 3 is 2.63 bits per heavy atom. The quantitative estimate of drug-likeness (QED) is 0.338. The Hall–Kier alpha value is -3.06. The highest BCUT2D eigenvalue weighted by Crippen LogP contribution is 2.35. The first kappa shape index (κ1) is 17.4. The molecule has 0 spiro atoms. The normalized spacial score (nSPS) is 14.7. The zero-order valence-electron chi connectivity index (χ0n) is 14.4. The van der Waals surface area contributed by atoms with Gasteiger partial charge in [-0.15, -0.1) is 12.6 Å². The van der Waals surface area contributed by atoms with Crippen LogP contribution in [0.1, 0.15) is 44.7 Å². The minimum absolute atomic E-state index is 0.107. The zero-order chi connectivity index (χ0) is 19.3. The molecule has 0 saturated carbocycles. The summed E-state index contributed by atoms with van der Waals surface area (Å²) in [4.78, 5) is 29.9. The number of fused-ring (bicyclic) bond motifs is 4. The van der Waals surface area contributed by atoms with Crippen LogP contribution in [0.3, 0.4) is 0 Å². The van der Waals surface area contributed by atoms with E-state index in [1.807, 2.05) is 6.07 Å². The number of cyclic esters (lactones) is 1. The standard InChI is InChI=1S/C20H15N3O3S/c1-9-8-13-17(16(20(25)27)10-4-2-3-5-12(10)23-13)18-15(9)11(21)6-7-14(22)26-19(18)24/h2-5,8,21-22H,6-7H2,1H3,(H,25,27). The molecule has 7 heteroatoms. The number of pyridine rings is 1. The van der Waals surface area contributed by atoms with E-state index in [1.54, 1.807) is 31.2 Å². The summed E-state index contributed by atoms with van der Waals surface area (Å²) in [6.45, 7) is 1.80. The summed E-state index contributed by atoms with van der Waals surface area (Å²) in [5.74, 6) is -0.946. The van der Waals surface area contributed by atoms with E-state index in [9.17, 15) is 9.59 Å². The number of hydrogen-bond acceptors (Lipinski definition) is 6. The first-order chi connectivity index (χ1) is 12.9. The maximum atomic E-state index is 12.9. The second-order valence-electron chi connectivity index (χ2n) is 6.44. The van der Waals surface area contributed by atoms with E-state index in [0.29, 0.717) is 32.9 Å². The highest BCUT2D eigenvalue weighted by atomic mass is 32.1.